The van der Waals surface area contributed by atoms with E-state index in [2.05, 4.69) is 22.2 Å². The molecule has 1 heterocycles. The molecule has 0 unspecified atom stereocenters. The largest absolute Gasteiger partial charge is 0.353 e. The quantitative estimate of drug-likeness (QED) is 0.555. The summed E-state index contributed by atoms with van der Waals surface area (Å²) in [6.07, 6.45) is 5.01. The van der Waals surface area contributed by atoms with Crippen molar-refractivity contribution >= 4 is 11.8 Å². The molecule has 0 radical (unpaired) electrons. The number of hydrogen-bond acceptors (Lipinski definition) is 3. The van der Waals surface area contributed by atoms with Crippen LogP contribution in [0.4, 0.5) is 0 Å². The normalized spacial score (nSPS) is 9.41. The first-order chi connectivity index (χ1) is 8.24. The first-order valence-corrected chi connectivity index (χ1v) is 5.32. The molecule has 0 atom stereocenters. The standard InChI is InChI=1S/C12H15N3O2/c1-2-11(16)14-7-4-8-15-12(17)10-5-3-6-13-9-10/h2-3,5-6,9H,1,4,7-8H2,(H,14,16)(H,15,17). The molecule has 1 rings (SSSR count). The summed E-state index contributed by atoms with van der Waals surface area (Å²) in [5.74, 6) is -0.364. The SMILES string of the molecule is C=CC(=O)NCCCNC(=O)c1cccnc1. The molecular weight excluding hydrogens is 218 g/mol. The number of nitrogens with one attached hydrogen (secondary N) is 2. The molecule has 1 aromatic rings. The summed E-state index contributed by atoms with van der Waals surface area (Å²) in [5.41, 5.74) is 0.530. The minimum Gasteiger partial charge on any atom is -0.353 e. The van der Waals surface area contributed by atoms with E-state index in [1.165, 1.54) is 12.3 Å². The molecule has 1 aromatic heterocycles. The van der Waals surface area contributed by atoms with Crippen molar-refractivity contribution in [1.82, 2.24) is 15.6 Å². The van der Waals surface area contributed by atoms with E-state index in [1.807, 2.05) is 0 Å². The Labute approximate surface area is 99.9 Å². The maximum absolute atomic E-state index is 11.5. The van der Waals surface area contributed by atoms with Gasteiger partial charge in [0.2, 0.25) is 5.91 Å². The van der Waals surface area contributed by atoms with Gasteiger partial charge in [0, 0.05) is 25.5 Å². The van der Waals surface area contributed by atoms with Gasteiger partial charge in [-0.15, -0.1) is 0 Å². The average molecular weight is 233 g/mol. The lowest BCUT2D eigenvalue weighted by Gasteiger charge is -2.05. The van der Waals surface area contributed by atoms with Crippen molar-refractivity contribution in [1.29, 1.82) is 0 Å². The molecule has 0 aliphatic heterocycles. The first-order valence-electron chi connectivity index (χ1n) is 5.32. The van der Waals surface area contributed by atoms with Crippen molar-refractivity contribution in [2.75, 3.05) is 13.1 Å². The second-order valence-corrected chi connectivity index (χ2v) is 3.35. The lowest BCUT2D eigenvalue weighted by Crippen LogP contribution is -2.29. The molecule has 17 heavy (non-hydrogen) atoms. The Morgan fingerprint density at radius 3 is 2.76 bits per heavy atom. The second kappa shape index (κ2) is 7.16. The second-order valence-electron chi connectivity index (χ2n) is 3.35. The van der Waals surface area contributed by atoms with Gasteiger partial charge in [0.05, 0.1) is 5.56 Å². The topological polar surface area (TPSA) is 71.1 Å². The summed E-state index contributed by atoms with van der Waals surface area (Å²) in [6, 6.07) is 3.40. The third kappa shape index (κ3) is 4.92. The smallest absolute Gasteiger partial charge is 0.252 e. The Kier molecular flexibility index (Phi) is 5.43. The number of hydrogen-bond donors (Lipinski definition) is 2. The van der Waals surface area contributed by atoms with E-state index in [9.17, 15) is 9.59 Å². The van der Waals surface area contributed by atoms with Crippen molar-refractivity contribution < 1.29 is 9.59 Å². The van der Waals surface area contributed by atoms with Gasteiger partial charge in [0.15, 0.2) is 0 Å². The molecular formula is C12H15N3O2. The number of carbonyl (C=O) groups is 2. The van der Waals surface area contributed by atoms with E-state index in [-0.39, 0.29) is 11.8 Å². The van der Waals surface area contributed by atoms with Gasteiger partial charge in [-0.05, 0) is 24.6 Å². The Balaban J connectivity index is 2.17. The molecule has 0 spiro atoms. The zero-order valence-corrected chi connectivity index (χ0v) is 9.48. The van der Waals surface area contributed by atoms with Crippen LogP contribution in [0, 0.1) is 0 Å². The molecule has 2 N–H and O–H groups in total. The van der Waals surface area contributed by atoms with Crippen molar-refractivity contribution in [2.45, 2.75) is 6.42 Å². The van der Waals surface area contributed by atoms with Crippen LogP contribution < -0.4 is 10.6 Å². The number of aromatic nitrogens is 1. The lowest BCUT2D eigenvalue weighted by atomic mass is 10.2. The van der Waals surface area contributed by atoms with Gasteiger partial charge in [-0.3, -0.25) is 14.6 Å². The number of nitrogens with zero attached hydrogens (tertiary/aromatic N) is 1. The highest BCUT2D eigenvalue weighted by Crippen LogP contribution is 1.94. The molecule has 0 saturated carbocycles. The fourth-order valence-electron chi connectivity index (χ4n) is 1.17. The number of pyridine rings is 1. The maximum atomic E-state index is 11.5. The molecule has 0 bridgehead atoms. The van der Waals surface area contributed by atoms with Crippen molar-refractivity contribution in [3.63, 3.8) is 0 Å². The average Bonchev–Trinajstić information content (AvgIpc) is 2.38. The zero-order chi connectivity index (χ0) is 12.5. The fraction of sp³-hybridized carbons (Fsp3) is 0.250. The summed E-state index contributed by atoms with van der Waals surface area (Å²) in [5, 5.41) is 5.36. The summed E-state index contributed by atoms with van der Waals surface area (Å²) in [7, 11) is 0. The van der Waals surface area contributed by atoms with Crippen LogP contribution in [0.2, 0.25) is 0 Å². The Bertz CT molecular complexity index is 390. The Morgan fingerprint density at radius 2 is 2.12 bits per heavy atom. The van der Waals surface area contributed by atoms with Crippen LogP contribution in [-0.4, -0.2) is 29.9 Å². The molecule has 0 fully saturated rings. The number of rotatable bonds is 6. The molecule has 0 aliphatic rings. The Hall–Kier alpha value is -2.17. The van der Waals surface area contributed by atoms with Crippen LogP contribution in [0.15, 0.2) is 37.2 Å². The van der Waals surface area contributed by atoms with E-state index >= 15 is 0 Å². The van der Waals surface area contributed by atoms with Gasteiger partial charge in [0.25, 0.3) is 5.91 Å². The molecule has 5 nitrogen and oxygen atoms in total. The molecule has 0 aromatic carbocycles. The van der Waals surface area contributed by atoms with Crippen LogP contribution in [-0.2, 0) is 4.79 Å². The summed E-state index contributed by atoms with van der Waals surface area (Å²) < 4.78 is 0. The summed E-state index contributed by atoms with van der Waals surface area (Å²) >= 11 is 0. The fourth-order valence-corrected chi connectivity index (χ4v) is 1.17. The minimum atomic E-state index is -0.205. The predicted octanol–water partition coefficient (Wildman–Crippen LogP) is 0.504. The highest BCUT2D eigenvalue weighted by molar-refractivity contribution is 5.93. The van der Waals surface area contributed by atoms with E-state index < -0.39 is 0 Å². The van der Waals surface area contributed by atoms with Gasteiger partial charge in [-0.25, -0.2) is 0 Å². The maximum Gasteiger partial charge on any atom is 0.252 e. The molecule has 2 amide bonds. The summed E-state index contributed by atoms with van der Waals surface area (Å²) in [4.78, 5) is 26.2. The van der Waals surface area contributed by atoms with Crippen LogP contribution in [0.1, 0.15) is 16.8 Å². The van der Waals surface area contributed by atoms with Gasteiger partial charge >= 0.3 is 0 Å². The lowest BCUT2D eigenvalue weighted by molar-refractivity contribution is -0.116. The van der Waals surface area contributed by atoms with Crippen molar-refractivity contribution in [3.05, 3.63) is 42.7 Å². The number of carbonyl (C=O) groups excluding carboxylic acids is 2. The van der Waals surface area contributed by atoms with Crippen LogP contribution in [0.3, 0.4) is 0 Å². The van der Waals surface area contributed by atoms with Gasteiger partial charge in [-0.2, -0.15) is 0 Å². The van der Waals surface area contributed by atoms with Gasteiger partial charge < -0.3 is 10.6 Å². The highest BCUT2D eigenvalue weighted by Gasteiger charge is 2.03. The third-order valence-electron chi connectivity index (χ3n) is 2.05. The van der Waals surface area contributed by atoms with Gasteiger partial charge in [-0.1, -0.05) is 6.58 Å². The predicted molar refractivity (Wildman–Crippen MR) is 64.4 cm³/mol. The van der Waals surface area contributed by atoms with E-state index in [0.29, 0.717) is 25.1 Å². The molecule has 0 aliphatic carbocycles. The van der Waals surface area contributed by atoms with Crippen molar-refractivity contribution in [2.24, 2.45) is 0 Å². The van der Waals surface area contributed by atoms with Crippen LogP contribution >= 0.6 is 0 Å². The highest BCUT2D eigenvalue weighted by atomic mass is 16.2. The van der Waals surface area contributed by atoms with E-state index in [1.54, 1.807) is 18.3 Å². The van der Waals surface area contributed by atoms with Crippen LogP contribution in [0.25, 0.3) is 0 Å². The molecule has 90 valence electrons. The van der Waals surface area contributed by atoms with Crippen LogP contribution in [0.5, 0.6) is 0 Å². The summed E-state index contributed by atoms with van der Waals surface area (Å²) in [6.45, 7) is 4.36. The zero-order valence-electron chi connectivity index (χ0n) is 9.48. The number of amides is 2. The third-order valence-corrected chi connectivity index (χ3v) is 2.05. The molecule has 5 heteroatoms. The van der Waals surface area contributed by atoms with Gasteiger partial charge in [0.1, 0.15) is 0 Å². The minimum absolute atomic E-state index is 0.159. The Morgan fingerprint density at radius 1 is 1.35 bits per heavy atom. The van der Waals surface area contributed by atoms with E-state index in [0.717, 1.165) is 0 Å². The monoisotopic (exact) mass is 233 g/mol. The molecule has 0 saturated heterocycles. The van der Waals surface area contributed by atoms with E-state index in [4.69, 9.17) is 0 Å². The first kappa shape index (κ1) is 12.9. The van der Waals surface area contributed by atoms with Crippen molar-refractivity contribution in [3.8, 4) is 0 Å².